The maximum absolute atomic E-state index is 12.2. The highest BCUT2D eigenvalue weighted by atomic mass is 35.5. The molecular weight excluding hydrogens is 310 g/mol. The van der Waals surface area contributed by atoms with Crippen LogP contribution < -0.4 is 11.1 Å². The van der Waals surface area contributed by atoms with E-state index in [1.54, 1.807) is 12.5 Å². The van der Waals surface area contributed by atoms with Gasteiger partial charge in [-0.2, -0.15) is 0 Å². The molecule has 2 unspecified atom stereocenters. The third-order valence-electron chi connectivity index (χ3n) is 4.65. The van der Waals surface area contributed by atoms with Crippen LogP contribution in [0.15, 0.2) is 5.38 Å². The van der Waals surface area contributed by atoms with Crippen LogP contribution in [0.4, 0.5) is 0 Å². The molecule has 0 bridgehead atoms. The quantitative estimate of drug-likeness (QED) is 0.837. The number of amides is 1. The number of halogens is 1. The zero-order chi connectivity index (χ0) is 14.8. The van der Waals surface area contributed by atoms with Crippen molar-refractivity contribution in [3.05, 3.63) is 16.1 Å². The summed E-state index contributed by atoms with van der Waals surface area (Å²) in [5.41, 5.74) is 6.05. The summed E-state index contributed by atoms with van der Waals surface area (Å²) in [5.74, 6) is -0.105. The fourth-order valence-corrected chi connectivity index (χ4v) is 3.87. The van der Waals surface area contributed by atoms with E-state index in [2.05, 4.69) is 24.1 Å². The molecule has 1 fully saturated rings. The molecule has 3 N–H and O–H groups in total. The van der Waals surface area contributed by atoms with E-state index in [-0.39, 0.29) is 35.9 Å². The number of aromatic nitrogens is 1. The van der Waals surface area contributed by atoms with E-state index in [9.17, 15) is 4.79 Å². The van der Waals surface area contributed by atoms with Crippen molar-refractivity contribution >= 4 is 29.7 Å². The minimum Gasteiger partial charge on any atom is -0.381 e. The Hall–Kier alpha value is -0.690. The van der Waals surface area contributed by atoms with Gasteiger partial charge in [-0.15, -0.1) is 23.7 Å². The number of hydrogen-bond acceptors (Lipinski definition) is 5. The highest BCUT2D eigenvalue weighted by molar-refractivity contribution is 7.09. The average molecular weight is 334 g/mol. The van der Waals surface area contributed by atoms with Crippen LogP contribution in [0, 0.1) is 5.41 Å². The zero-order valence-corrected chi connectivity index (χ0v) is 14.4. The van der Waals surface area contributed by atoms with Gasteiger partial charge in [0.1, 0.15) is 10.7 Å². The molecule has 0 spiro atoms. The number of nitrogens with two attached hydrogens (primary N) is 1. The van der Waals surface area contributed by atoms with E-state index in [4.69, 9.17) is 10.5 Å². The summed E-state index contributed by atoms with van der Waals surface area (Å²) < 4.78 is 5.54. The van der Waals surface area contributed by atoms with Gasteiger partial charge in [-0.3, -0.25) is 4.79 Å². The number of carbonyl (C=O) groups is 1. The van der Waals surface area contributed by atoms with Gasteiger partial charge in [0, 0.05) is 30.5 Å². The Kier molecular flexibility index (Phi) is 6.59. The van der Waals surface area contributed by atoms with Crippen molar-refractivity contribution < 1.29 is 9.53 Å². The van der Waals surface area contributed by atoms with Gasteiger partial charge in [0.25, 0.3) is 5.91 Å². The van der Waals surface area contributed by atoms with Crippen molar-refractivity contribution in [1.82, 2.24) is 10.3 Å². The van der Waals surface area contributed by atoms with Crippen molar-refractivity contribution in [2.45, 2.75) is 51.8 Å². The normalized spacial score (nSPS) is 23.0. The van der Waals surface area contributed by atoms with Crippen LogP contribution in [-0.2, 0) is 11.3 Å². The predicted molar refractivity (Wildman–Crippen MR) is 86.9 cm³/mol. The van der Waals surface area contributed by atoms with E-state index in [1.807, 2.05) is 0 Å². The van der Waals surface area contributed by atoms with Crippen LogP contribution in [0.5, 0.6) is 0 Å². The summed E-state index contributed by atoms with van der Waals surface area (Å²) in [6, 6.07) is 0.165. The van der Waals surface area contributed by atoms with Crippen LogP contribution in [0.3, 0.4) is 0 Å². The molecule has 0 aliphatic heterocycles. The molecule has 1 aliphatic carbocycles. The number of methoxy groups -OCH3 is 1. The Morgan fingerprint density at radius 3 is 2.71 bits per heavy atom. The van der Waals surface area contributed by atoms with Crippen LogP contribution in [0.25, 0.3) is 0 Å². The SMILES string of the molecule is CCC1(CC)C(NC(=O)c2csc(CN)n2)CC1OC.Cl. The summed E-state index contributed by atoms with van der Waals surface area (Å²) in [6.07, 6.45) is 3.10. The van der Waals surface area contributed by atoms with Gasteiger partial charge in [0.05, 0.1) is 6.10 Å². The number of carbonyl (C=O) groups excluding carboxylic acids is 1. The molecule has 0 saturated heterocycles. The predicted octanol–water partition coefficient (Wildman–Crippen LogP) is 2.35. The molecular formula is C14H24ClN3O2S. The molecule has 1 aromatic heterocycles. The largest absolute Gasteiger partial charge is 0.381 e. The highest BCUT2D eigenvalue weighted by Crippen LogP contribution is 2.48. The first-order valence-electron chi connectivity index (χ1n) is 7.09. The lowest BCUT2D eigenvalue weighted by Gasteiger charge is -2.55. The number of rotatable bonds is 6. The molecule has 0 radical (unpaired) electrons. The molecule has 1 aliphatic rings. The van der Waals surface area contributed by atoms with Crippen LogP contribution >= 0.6 is 23.7 Å². The first kappa shape index (κ1) is 18.4. The number of hydrogen-bond donors (Lipinski definition) is 2. The first-order valence-corrected chi connectivity index (χ1v) is 7.97. The van der Waals surface area contributed by atoms with Crippen molar-refractivity contribution in [3.63, 3.8) is 0 Å². The molecule has 1 heterocycles. The smallest absolute Gasteiger partial charge is 0.271 e. The van der Waals surface area contributed by atoms with Gasteiger partial charge in [-0.1, -0.05) is 13.8 Å². The molecule has 1 amide bonds. The van der Waals surface area contributed by atoms with E-state index < -0.39 is 0 Å². The number of ether oxygens (including phenoxy) is 1. The van der Waals surface area contributed by atoms with Gasteiger partial charge >= 0.3 is 0 Å². The van der Waals surface area contributed by atoms with Crippen molar-refractivity contribution in [3.8, 4) is 0 Å². The topological polar surface area (TPSA) is 77.2 Å². The van der Waals surface area contributed by atoms with Crippen LogP contribution in [-0.4, -0.2) is 30.1 Å². The molecule has 7 heteroatoms. The van der Waals surface area contributed by atoms with Crippen molar-refractivity contribution in [2.24, 2.45) is 11.1 Å². The fourth-order valence-electron chi connectivity index (χ4n) is 3.22. The molecule has 21 heavy (non-hydrogen) atoms. The first-order chi connectivity index (χ1) is 9.61. The van der Waals surface area contributed by atoms with Gasteiger partial charge in [-0.25, -0.2) is 4.98 Å². The number of thiazole rings is 1. The third-order valence-corrected chi connectivity index (χ3v) is 5.52. The summed E-state index contributed by atoms with van der Waals surface area (Å²) in [4.78, 5) is 16.5. The molecule has 120 valence electrons. The summed E-state index contributed by atoms with van der Waals surface area (Å²) in [5, 5.41) is 5.67. The Balaban J connectivity index is 0.00000220. The van der Waals surface area contributed by atoms with E-state index in [0.29, 0.717) is 12.2 Å². The molecule has 0 aromatic carbocycles. The zero-order valence-electron chi connectivity index (χ0n) is 12.7. The minimum absolute atomic E-state index is 0. The summed E-state index contributed by atoms with van der Waals surface area (Å²) in [6.45, 7) is 4.69. The van der Waals surface area contributed by atoms with Gasteiger partial charge in [-0.05, 0) is 19.3 Å². The second kappa shape index (κ2) is 7.54. The monoisotopic (exact) mass is 333 g/mol. The second-order valence-corrected chi connectivity index (χ2v) is 6.20. The van der Waals surface area contributed by atoms with Gasteiger partial charge in [0.15, 0.2) is 0 Å². The Labute approximate surface area is 136 Å². The highest BCUT2D eigenvalue weighted by Gasteiger charge is 2.53. The molecule has 1 saturated carbocycles. The van der Waals surface area contributed by atoms with E-state index in [1.165, 1.54) is 11.3 Å². The minimum atomic E-state index is -0.105. The maximum atomic E-state index is 12.2. The third kappa shape index (κ3) is 3.23. The Morgan fingerprint density at radius 1 is 1.57 bits per heavy atom. The lowest BCUT2D eigenvalue weighted by atomic mass is 9.58. The van der Waals surface area contributed by atoms with Gasteiger partial charge < -0.3 is 15.8 Å². The molecule has 2 atom stereocenters. The van der Waals surface area contributed by atoms with Crippen molar-refractivity contribution in [1.29, 1.82) is 0 Å². The lowest BCUT2D eigenvalue weighted by molar-refractivity contribution is -0.120. The summed E-state index contributed by atoms with van der Waals surface area (Å²) >= 11 is 1.43. The van der Waals surface area contributed by atoms with Crippen LogP contribution in [0.2, 0.25) is 0 Å². The summed E-state index contributed by atoms with van der Waals surface area (Å²) in [7, 11) is 1.75. The lowest BCUT2D eigenvalue weighted by Crippen LogP contribution is -2.64. The second-order valence-electron chi connectivity index (χ2n) is 5.26. The molecule has 2 rings (SSSR count). The standard InChI is InChI=1S/C14H23N3O2S.ClH/c1-4-14(5-2)10(6-11(14)19-3)17-13(18)9-8-20-12(7-15)16-9;/h8,10-11H,4-7,15H2,1-3H3,(H,17,18);1H. The Bertz CT molecular complexity index is 477. The molecule has 1 aromatic rings. The molecule has 5 nitrogen and oxygen atoms in total. The van der Waals surface area contributed by atoms with Crippen LogP contribution in [0.1, 0.15) is 48.6 Å². The number of nitrogens with one attached hydrogen (secondary N) is 1. The maximum Gasteiger partial charge on any atom is 0.271 e. The van der Waals surface area contributed by atoms with E-state index in [0.717, 1.165) is 24.3 Å². The fraction of sp³-hybridized carbons (Fsp3) is 0.714. The average Bonchev–Trinajstić information content (AvgIpc) is 2.93. The number of nitrogens with zero attached hydrogens (tertiary/aromatic N) is 1. The van der Waals surface area contributed by atoms with Crippen molar-refractivity contribution in [2.75, 3.05) is 7.11 Å². The van der Waals surface area contributed by atoms with Gasteiger partial charge in [0.2, 0.25) is 0 Å². The Morgan fingerprint density at radius 2 is 2.24 bits per heavy atom. The van der Waals surface area contributed by atoms with E-state index >= 15 is 0 Å².